The van der Waals surface area contributed by atoms with Gasteiger partial charge in [0, 0.05) is 72.2 Å². The Morgan fingerprint density at radius 3 is 1.35 bits per heavy atom. The van der Waals surface area contributed by atoms with Gasteiger partial charge in [-0.1, -0.05) is 6.92 Å². The van der Waals surface area contributed by atoms with Crippen LogP contribution < -0.4 is 16.0 Å². The average molecular weight is 988 g/mol. The zero-order valence-electron chi connectivity index (χ0n) is 39.9. The minimum Gasteiger partial charge on any atom is -0.508 e. The first kappa shape index (κ1) is 61.4. The molecule has 0 aromatic carbocycles. The number of aliphatic hydroxyl groups is 10. The molecule has 68 heavy (non-hydrogen) atoms. The van der Waals surface area contributed by atoms with Crippen LogP contribution in [0.3, 0.4) is 0 Å². The van der Waals surface area contributed by atoms with E-state index < -0.39 is 128 Å². The Morgan fingerprint density at radius 2 is 0.985 bits per heavy atom. The maximum atomic E-state index is 11.7. The summed E-state index contributed by atoms with van der Waals surface area (Å²) < 4.78 is 46.4. The van der Waals surface area contributed by atoms with E-state index in [0.29, 0.717) is 97.4 Å². The van der Waals surface area contributed by atoms with Crippen LogP contribution in [0.25, 0.3) is 0 Å². The van der Waals surface area contributed by atoms with E-state index in [2.05, 4.69) is 16.0 Å². The molecule has 0 spiro atoms. The highest BCUT2D eigenvalue weighted by molar-refractivity contribution is 5.75. The van der Waals surface area contributed by atoms with E-state index in [1.54, 1.807) is 0 Å². The summed E-state index contributed by atoms with van der Waals surface area (Å²) in [6.07, 6.45) is -7.55. The Labute approximate surface area is 398 Å². The molecule has 0 saturated carbocycles. The lowest BCUT2D eigenvalue weighted by Gasteiger charge is -2.42. The summed E-state index contributed by atoms with van der Waals surface area (Å²) in [5.74, 6) is -2.19. The van der Waals surface area contributed by atoms with E-state index >= 15 is 0 Å². The Kier molecular flexibility index (Phi) is 30.5. The molecule has 2 saturated heterocycles. The molecule has 0 bridgehead atoms. The van der Waals surface area contributed by atoms with Crippen LogP contribution in [0.5, 0.6) is 0 Å². The van der Waals surface area contributed by atoms with Crippen molar-refractivity contribution in [1.29, 1.82) is 0 Å². The molecule has 2 rings (SSSR count). The SMILES string of the molecule is CC(=O)N/C(=C(/O)[C@@H](O)CCO)[C@@H](O)OCCCCCOCC(C)(COCCCCCO[C@@H]1OC(CO)[C@H](O)C(O)C1NC(C)=O)COCCCCCO[C@@H]1OC(CO)[C@H](O)C(O)C1NC(C)=O. The number of carbonyl (C=O) groups is 3. The Hall–Kier alpha value is -2.73. The number of nitrogens with one attached hydrogen (secondary N) is 3. The lowest BCUT2D eigenvalue weighted by molar-refractivity contribution is -0.270. The van der Waals surface area contributed by atoms with Gasteiger partial charge < -0.3 is 105 Å². The molecular formula is C44H81N3O21. The third-order valence-corrected chi connectivity index (χ3v) is 11.0. The number of amides is 3. The maximum Gasteiger partial charge on any atom is 0.221 e. The minimum absolute atomic E-state index is 0.0675. The van der Waals surface area contributed by atoms with Crippen LogP contribution >= 0.6 is 0 Å². The molecule has 0 aromatic heterocycles. The van der Waals surface area contributed by atoms with E-state index in [1.165, 1.54) is 13.8 Å². The highest BCUT2D eigenvalue weighted by atomic mass is 16.7. The number of aliphatic hydroxyl groups excluding tert-OH is 10. The van der Waals surface area contributed by atoms with Crippen molar-refractivity contribution in [3.63, 3.8) is 0 Å². The molecular weight excluding hydrogens is 906 g/mol. The second-order valence-corrected chi connectivity index (χ2v) is 17.5. The van der Waals surface area contributed by atoms with E-state index in [1.807, 2.05) is 6.92 Å². The second-order valence-electron chi connectivity index (χ2n) is 17.5. The van der Waals surface area contributed by atoms with Crippen molar-refractivity contribution in [1.82, 2.24) is 16.0 Å². The topological polar surface area (TPSA) is 363 Å². The highest BCUT2D eigenvalue weighted by Crippen LogP contribution is 2.25. The van der Waals surface area contributed by atoms with Crippen molar-refractivity contribution in [3.05, 3.63) is 11.5 Å². The van der Waals surface area contributed by atoms with Crippen molar-refractivity contribution in [2.45, 2.75) is 166 Å². The number of ether oxygens (including phenoxy) is 8. The summed E-state index contributed by atoms with van der Waals surface area (Å²) in [7, 11) is 0. The molecule has 6 unspecified atom stereocenters. The summed E-state index contributed by atoms with van der Waals surface area (Å²) in [6.45, 7) is 6.86. The minimum atomic E-state index is -1.72. The van der Waals surface area contributed by atoms with Crippen LogP contribution in [0.2, 0.25) is 0 Å². The van der Waals surface area contributed by atoms with Gasteiger partial charge in [-0.2, -0.15) is 0 Å². The van der Waals surface area contributed by atoms with Gasteiger partial charge in [0.2, 0.25) is 17.7 Å². The van der Waals surface area contributed by atoms with Gasteiger partial charge in [0.15, 0.2) is 18.9 Å². The van der Waals surface area contributed by atoms with Gasteiger partial charge in [0.05, 0.1) is 39.6 Å². The third-order valence-electron chi connectivity index (χ3n) is 11.0. The lowest BCUT2D eigenvalue weighted by Crippen LogP contribution is -2.64. The fourth-order valence-corrected chi connectivity index (χ4v) is 7.31. The molecule has 2 fully saturated rings. The molecule has 3 amide bonds. The molecule has 13 N–H and O–H groups in total. The monoisotopic (exact) mass is 988 g/mol. The molecule has 0 aliphatic carbocycles. The van der Waals surface area contributed by atoms with Crippen molar-refractivity contribution >= 4 is 17.7 Å². The van der Waals surface area contributed by atoms with E-state index in [4.69, 9.17) is 43.0 Å². The summed E-state index contributed by atoms with van der Waals surface area (Å²) in [6, 6.07) is -2.04. The highest BCUT2D eigenvalue weighted by Gasteiger charge is 2.46. The van der Waals surface area contributed by atoms with Crippen LogP contribution in [0, 0.1) is 5.41 Å². The first-order valence-electron chi connectivity index (χ1n) is 23.4. The number of carbonyl (C=O) groups excluding carboxylic acids is 3. The predicted octanol–water partition coefficient (Wildman–Crippen LogP) is -2.54. The third kappa shape index (κ3) is 22.6. The second kappa shape index (κ2) is 33.8. The first-order chi connectivity index (χ1) is 32.4. The van der Waals surface area contributed by atoms with Crippen LogP contribution in [0.4, 0.5) is 0 Å². The summed E-state index contributed by atoms with van der Waals surface area (Å²) in [5.41, 5.74) is -0.937. The molecule has 2 aliphatic heterocycles. The quantitative estimate of drug-likeness (QED) is 0.0175. The zero-order valence-corrected chi connectivity index (χ0v) is 39.9. The smallest absolute Gasteiger partial charge is 0.221 e. The van der Waals surface area contributed by atoms with Crippen LogP contribution in [0.1, 0.15) is 91.9 Å². The molecule has 0 radical (unpaired) electrons. The molecule has 398 valence electrons. The molecule has 24 heteroatoms. The van der Waals surface area contributed by atoms with Gasteiger partial charge >= 0.3 is 0 Å². The number of rotatable bonds is 36. The van der Waals surface area contributed by atoms with E-state index in [0.717, 1.165) is 6.92 Å². The molecule has 0 aromatic rings. The van der Waals surface area contributed by atoms with Gasteiger partial charge in [0.1, 0.15) is 66.3 Å². The molecule has 2 heterocycles. The Balaban J connectivity index is 1.84. The van der Waals surface area contributed by atoms with Crippen LogP contribution in [0.15, 0.2) is 11.5 Å². The van der Waals surface area contributed by atoms with Crippen LogP contribution in [-0.4, -0.2) is 222 Å². The van der Waals surface area contributed by atoms with Gasteiger partial charge in [-0.05, 0) is 57.8 Å². The summed E-state index contributed by atoms with van der Waals surface area (Å²) in [4.78, 5) is 35.0. The van der Waals surface area contributed by atoms with Crippen LogP contribution in [-0.2, 0) is 52.3 Å². The van der Waals surface area contributed by atoms with E-state index in [9.17, 15) is 60.3 Å². The van der Waals surface area contributed by atoms with Gasteiger partial charge in [-0.25, -0.2) is 0 Å². The Morgan fingerprint density at radius 1 is 0.588 bits per heavy atom. The normalized spacial score (nSPS) is 27.4. The van der Waals surface area contributed by atoms with Crippen molar-refractivity contribution in [3.8, 4) is 0 Å². The standard InChI is InChI=1S/C44H81N3O21/c1-27(51)45-33(36(55)30(54)14-15-48)41(60)64-19-11-5-8-16-61-24-44(4,25-62-17-9-6-12-20-65-42-34(46-28(2)52)39(58)37(56)31(22-49)67-42)26-63-18-10-7-13-21-66-43-35(47-29(3)53)40(59)38(57)32(23-50)68-43/h30-32,34-35,37-43,48-50,54-60H,5-26H2,1-4H3,(H,45,51)(H,46,52)(H,47,53)/b36-33+/t30-,31?,32?,34?,35?,37-,38-,39?,40?,41-,42+,43+,44?/m0/s1. The van der Waals surface area contributed by atoms with Crippen molar-refractivity contribution in [2.24, 2.45) is 5.41 Å². The van der Waals surface area contributed by atoms with Gasteiger partial charge in [-0.3, -0.25) is 14.4 Å². The van der Waals surface area contributed by atoms with E-state index in [-0.39, 0.29) is 26.2 Å². The zero-order chi connectivity index (χ0) is 50.6. The fourth-order valence-electron chi connectivity index (χ4n) is 7.31. The molecule has 2 aliphatic rings. The van der Waals surface area contributed by atoms with Gasteiger partial charge in [-0.15, -0.1) is 0 Å². The van der Waals surface area contributed by atoms with Crippen molar-refractivity contribution < 1.29 is 103 Å². The van der Waals surface area contributed by atoms with Crippen molar-refractivity contribution in [2.75, 3.05) is 79.3 Å². The lowest BCUT2D eigenvalue weighted by atomic mass is 9.94. The number of hydrogen-bond donors (Lipinski definition) is 13. The maximum absolute atomic E-state index is 11.7. The van der Waals surface area contributed by atoms with Gasteiger partial charge in [0.25, 0.3) is 0 Å². The first-order valence-corrected chi connectivity index (χ1v) is 23.4. The Bertz CT molecular complexity index is 1380. The molecule has 24 nitrogen and oxygen atoms in total. The largest absolute Gasteiger partial charge is 0.508 e. The summed E-state index contributed by atoms with van der Waals surface area (Å²) >= 11 is 0. The number of hydrogen-bond acceptors (Lipinski definition) is 21. The fraction of sp³-hybridized carbons (Fsp3) is 0.886. The average Bonchev–Trinajstić information content (AvgIpc) is 3.29. The summed E-state index contributed by atoms with van der Waals surface area (Å²) in [5, 5.41) is 108. The predicted molar refractivity (Wildman–Crippen MR) is 238 cm³/mol. The molecule has 12 atom stereocenters. The number of unbranched alkanes of at least 4 members (excludes halogenated alkanes) is 6.